The number of aromatic nitrogens is 2. The molecule has 1 aromatic carbocycles. The molecule has 0 fully saturated rings. The minimum atomic E-state index is 0.336. The number of methoxy groups -OCH3 is 1. The molecule has 96 valence electrons. The second kappa shape index (κ2) is 6.21. The van der Waals surface area contributed by atoms with Crippen LogP contribution in [0.5, 0.6) is 0 Å². The van der Waals surface area contributed by atoms with E-state index in [1.165, 1.54) is 0 Å². The predicted molar refractivity (Wildman–Crippen MR) is 73.1 cm³/mol. The van der Waals surface area contributed by atoms with E-state index in [0.717, 1.165) is 17.8 Å². The van der Waals surface area contributed by atoms with Gasteiger partial charge >= 0.3 is 0 Å². The Morgan fingerprint density at radius 1 is 1.39 bits per heavy atom. The van der Waals surface area contributed by atoms with E-state index in [0.29, 0.717) is 12.6 Å². The van der Waals surface area contributed by atoms with Gasteiger partial charge in [0.2, 0.25) is 0 Å². The lowest BCUT2D eigenvalue weighted by atomic mass is 10.2. The lowest BCUT2D eigenvalue weighted by Crippen LogP contribution is -2.23. The first-order valence-electron chi connectivity index (χ1n) is 6.19. The molecule has 4 nitrogen and oxygen atoms in total. The Morgan fingerprint density at radius 2 is 2.28 bits per heavy atom. The van der Waals surface area contributed by atoms with E-state index < -0.39 is 0 Å². The first-order chi connectivity index (χ1) is 8.83. The highest BCUT2D eigenvalue weighted by atomic mass is 16.5. The average Bonchev–Trinajstić information content (AvgIpc) is 2.92. The van der Waals surface area contributed by atoms with Gasteiger partial charge in [-0.25, -0.2) is 4.68 Å². The van der Waals surface area contributed by atoms with Gasteiger partial charge in [0.05, 0.1) is 12.3 Å². The largest absolute Gasteiger partial charge is 0.383 e. The molecule has 0 aliphatic heterocycles. The van der Waals surface area contributed by atoms with E-state index in [1.807, 2.05) is 29.1 Å². The molecule has 0 aliphatic rings. The Labute approximate surface area is 108 Å². The molecule has 0 saturated heterocycles. The van der Waals surface area contributed by atoms with Crippen molar-refractivity contribution in [3.05, 3.63) is 42.7 Å². The van der Waals surface area contributed by atoms with Crippen molar-refractivity contribution in [1.82, 2.24) is 9.78 Å². The Balaban J connectivity index is 2.12. The minimum Gasteiger partial charge on any atom is -0.383 e. The second-order valence-corrected chi connectivity index (χ2v) is 4.21. The number of nitrogens with one attached hydrogen (secondary N) is 1. The number of nitrogens with zero attached hydrogens (tertiary/aromatic N) is 2. The van der Waals surface area contributed by atoms with Crippen molar-refractivity contribution >= 4 is 5.69 Å². The van der Waals surface area contributed by atoms with Gasteiger partial charge in [0, 0.05) is 31.2 Å². The highest BCUT2D eigenvalue weighted by molar-refractivity contribution is 5.51. The summed E-state index contributed by atoms with van der Waals surface area (Å²) in [4.78, 5) is 0. The van der Waals surface area contributed by atoms with Gasteiger partial charge in [-0.15, -0.1) is 0 Å². The summed E-state index contributed by atoms with van der Waals surface area (Å²) in [5.41, 5.74) is 2.14. The van der Waals surface area contributed by atoms with Crippen LogP contribution in [0.2, 0.25) is 0 Å². The van der Waals surface area contributed by atoms with Crippen LogP contribution in [-0.2, 0) is 4.74 Å². The van der Waals surface area contributed by atoms with Gasteiger partial charge in [-0.3, -0.25) is 0 Å². The SMILES string of the molecule is CCC(COC)Nc1cccc(-n2cccn2)c1. The molecule has 1 aromatic heterocycles. The number of hydrogen-bond acceptors (Lipinski definition) is 3. The quantitative estimate of drug-likeness (QED) is 0.850. The topological polar surface area (TPSA) is 39.1 Å². The van der Waals surface area contributed by atoms with Gasteiger partial charge in [0.15, 0.2) is 0 Å². The number of benzene rings is 1. The summed E-state index contributed by atoms with van der Waals surface area (Å²) in [6, 6.07) is 10.5. The molecule has 0 saturated carbocycles. The summed E-state index contributed by atoms with van der Waals surface area (Å²) in [7, 11) is 1.73. The number of ether oxygens (including phenoxy) is 1. The molecule has 1 N–H and O–H groups in total. The highest BCUT2D eigenvalue weighted by Crippen LogP contribution is 2.15. The fourth-order valence-electron chi connectivity index (χ4n) is 1.86. The van der Waals surface area contributed by atoms with Crippen LogP contribution in [0.15, 0.2) is 42.7 Å². The molecular weight excluding hydrogens is 226 g/mol. The molecule has 2 aromatic rings. The van der Waals surface area contributed by atoms with Gasteiger partial charge < -0.3 is 10.1 Å². The highest BCUT2D eigenvalue weighted by Gasteiger charge is 2.06. The summed E-state index contributed by atoms with van der Waals surface area (Å²) in [5, 5.41) is 7.69. The fourth-order valence-corrected chi connectivity index (χ4v) is 1.86. The Bertz CT molecular complexity index is 468. The molecule has 1 atom stereocenters. The molecule has 0 amide bonds. The summed E-state index contributed by atoms with van der Waals surface area (Å²) >= 11 is 0. The Morgan fingerprint density at radius 3 is 2.94 bits per heavy atom. The first kappa shape index (κ1) is 12.6. The third kappa shape index (κ3) is 3.11. The van der Waals surface area contributed by atoms with Crippen LogP contribution in [0.3, 0.4) is 0 Å². The number of hydrogen-bond donors (Lipinski definition) is 1. The normalized spacial score (nSPS) is 12.3. The third-order valence-corrected chi connectivity index (χ3v) is 2.85. The molecule has 1 heterocycles. The Hall–Kier alpha value is -1.81. The summed E-state index contributed by atoms with van der Waals surface area (Å²) < 4.78 is 7.04. The zero-order valence-corrected chi connectivity index (χ0v) is 10.8. The van der Waals surface area contributed by atoms with Crippen molar-refractivity contribution in [2.45, 2.75) is 19.4 Å². The molecule has 18 heavy (non-hydrogen) atoms. The van der Waals surface area contributed by atoms with Crippen LogP contribution >= 0.6 is 0 Å². The third-order valence-electron chi connectivity index (χ3n) is 2.85. The van der Waals surface area contributed by atoms with Crippen molar-refractivity contribution in [3.8, 4) is 5.69 Å². The van der Waals surface area contributed by atoms with Crippen molar-refractivity contribution < 1.29 is 4.74 Å². The fraction of sp³-hybridized carbons (Fsp3) is 0.357. The maximum atomic E-state index is 5.19. The standard InChI is InChI=1S/C14H19N3O/c1-3-12(11-18-2)16-13-6-4-7-14(10-13)17-9-5-8-15-17/h4-10,12,16H,3,11H2,1-2H3. The van der Waals surface area contributed by atoms with E-state index in [4.69, 9.17) is 4.74 Å². The van der Waals surface area contributed by atoms with Crippen molar-refractivity contribution in [3.63, 3.8) is 0 Å². The molecule has 0 spiro atoms. The first-order valence-corrected chi connectivity index (χ1v) is 6.19. The van der Waals surface area contributed by atoms with Crippen LogP contribution in [0.25, 0.3) is 5.69 Å². The predicted octanol–water partition coefficient (Wildman–Crippen LogP) is 2.71. The van der Waals surface area contributed by atoms with Gasteiger partial charge in [-0.05, 0) is 30.7 Å². The molecule has 0 bridgehead atoms. The Kier molecular flexibility index (Phi) is 4.36. The molecule has 0 aliphatic carbocycles. The summed E-state index contributed by atoms with van der Waals surface area (Å²) in [5.74, 6) is 0. The molecule has 0 radical (unpaired) electrons. The van der Waals surface area contributed by atoms with Crippen LogP contribution < -0.4 is 5.32 Å². The molecule has 2 rings (SSSR count). The lowest BCUT2D eigenvalue weighted by molar-refractivity contribution is 0.184. The smallest absolute Gasteiger partial charge is 0.0666 e. The maximum absolute atomic E-state index is 5.19. The van der Waals surface area contributed by atoms with E-state index in [9.17, 15) is 0 Å². The van der Waals surface area contributed by atoms with Crippen molar-refractivity contribution in [1.29, 1.82) is 0 Å². The maximum Gasteiger partial charge on any atom is 0.0666 e. The van der Waals surface area contributed by atoms with Crippen molar-refractivity contribution in [2.24, 2.45) is 0 Å². The van der Waals surface area contributed by atoms with Gasteiger partial charge in [0.25, 0.3) is 0 Å². The van der Waals surface area contributed by atoms with Crippen LogP contribution in [0, 0.1) is 0 Å². The van der Waals surface area contributed by atoms with E-state index in [-0.39, 0.29) is 0 Å². The monoisotopic (exact) mass is 245 g/mol. The van der Waals surface area contributed by atoms with E-state index in [2.05, 4.69) is 29.5 Å². The average molecular weight is 245 g/mol. The zero-order chi connectivity index (χ0) is 12.8. The van der Waals surface area contributed by atoms with Gasteiger partial charge in [0.1, 0.15) is 0 Å². The second-order valence-electron chi connectivity index (χ2n) is 4.21. The van der Waals surface area contributed by atoms with Crippen molar-refractivity contribution in [2.75, 3.05) is 19.0 Å². The number of anilines is 1. The van der Waals surface area contributed by atoms with Gasteiger partial charge in [-0.1, -0.05) is 13.0 Å². The van der Waals surface area contributed by atoms with Crippen LogP contribution in [0.4, 0.5) is 5.69 Å². The van der Waals surface area contributed by atoms with E-state index >= 15 is 0 Å². The molecule has 4 heteroatoms. The van der Waals surface area contributed by atoms with Crippen LogP contribution in [-0.4, -0.2) is 29.5 Å². The number of rotatable bonds is 6. The lowest BCUT2D eigenvalue weighted by Gasteiger charge is -2.17. The van der Waals surface area contributed by atoms with Gasteiger partial charge in [-0.2, -0.15) is 5.10 Å². The zero-order valence-electron chi connectivity index (χ0n) is 10.8. The van der Waals surface area contributed by atoms with Crippen LogP contribution in [0.1, 0.15) is 13.3 Å². The summed E-state index contributed by atoms with van der Waals surface area (Å²) in [6.45, 7) is 2.86. The molecular formula is C14H19N3O. The van der Waals surface area contributed by atoms with E-state index in [1.54, 1.807) is 13.3 Å². The minimum absolute atomic E-state index is 0.336. The molecule has 1 unspecified atom stereocenters. The summed E-state index contributed by atoms with van der Waals surface area (Å²) in [6.07, 6.45) is 4.74.